The second-order valence-electron chi connectivity index (χ2n) is 12.1. The first-order valence-electron chi connectivity index (χ1n) is 14.6. The molecule has 0 bridgehead atoms. The molecule has 43 heavy (non-hydrogen) atoms. The van der Waals surface area contributed by atoms with Gasteiger partial charge in [-0.05, 0) is 59.9 Å². The van der Waals surface area contributed by atoms with Crippen LogP contribution in [-0.2, 0) is 12.4 Å². The molecule has 2 fully saturated rings. The summed E-state index contributed by atoms with van der Waals surface area (Å²) in [7, 11) is 0. The van der Waals surface area contributed by atoms with Crippen molar-refractivity contribution in [1.29, 1.82) is 0 Å². The third kappa shape index (κ3) is 4.35. The van der Waals surface area contributed by atoms with E-state index < -0.39 is 17.7 Å². The standard InChI is InChI=1S/C34H29F2N3O3S/c35-26-11-10-23-25(29(26)36)19-43-28-9-5-4-8-24(28)30(23)39-20-37(22-16-34(17-22)13-14-34)33(41)31-32(27(40)12-15-38(31)39)42-18-21-6-2-1-3-7-21/h1-12,15,22,30H,13-14,16-20H2/t30-/m0/s1. The molecule has 6 nitrogen and oxygen atoms in total. The lowest BCUT2D eigenvalue weighted by molar-refractivity contribution is 0.0305. The molecule has 3 heterocycles. The Labute approximate surface area is 251 Å². The molecular weight excluding hydrogens is 568 g/mol. The highest BCUT2D eigenvalue weighted by Gasteiger charge is 2.56. The summed E-state index contributed by atoms with van der Waals surface area (Å²) in [6.45, 7) is 0.360. The number of amides is 1. The van der Waals surface area contributed by atoms with E-state index in [1.54, 1.807) is 16.9 Å². The Bertz CT molecular complexity index is 1820. The molecule has 0 radical (unpaired) electrons. The third-order valence-electron chi connectivity index (χ3n) is 9.44. The third-order valence-corrected chi connectivity index (χ3v) is 10.6. The summed E-state index contributed by atoms with van der Waals surface area (Å²) in [6.07, 6.45) is 5.82. The zero-order chi connectivity index (χ0) is 29.3. The Morgan fingerprint density at radius 1 is 0.907 bits per heavy atom. The highest BCUT2D eigenvalue weighted by Crippen LogP contribution is 2.62. The Kier molecular flexibility index (Phi) is 6.15. The second-order valence-corrected chi connectivity index (χ2v) is 13.1. The van der Waals surface area contributed by atoms with Gasteiger partial charge in [-0.15, -0.1) is 11.8 Å². The van der Waals surface area contributed by atoms with Crippen LogP contribution in [0, 0.1) is 17.0 Å². The van der Waals surface area contributed by atoms with Gasteiger partial charge < -0.3 is 9.64 Å². The molecule has 218 valence electrons. The van der Waals surface area contributed by atoms with Gasteiger partial charge in [-0.25, -0.2) is 8.78 Å². The molecule has 2 aliphatic heterocycles. The van der Waals surface area contributed by atoms with Crippen molar-refractivity contribution in [3.05, 3.63) is 129 Å². The molecule has 4 aromatic rings. The molecule has 1 spiro atoms. The molecule has 0 unspecified atom stereocenters. The number of halogens is 2. The van der Waals surface area contributed by atoms with Crippen molar-refractivity contribution in [2.45, 2.75) is 55.0 Å². The van der Waals surface area contributed by atoms with Crippen molar-refractivity contribution < 1.29 is 18.3 Å². The maximum atomic E-state index is 15.4. The average molecular weight is 598 g/mol. The van der Waals surface area contributed by atoms with Crippen molar-refractivity contribution in [3.8, 4) is 5.75 Å². The Morgan fingerprint density at radius 2 is 1.67 bits per heavy atom. The normalized spacial score (nSPS) is 20.1. The van der Waals surface area contributed by atoms with Crippen LogP contribution in [0.2, 0.25) is 0 Å². The molecule has 9 heteroatoms. The van der Waals surface area contributed by atoms with E-state index in [-0.39, 0.29) is 47.8 Å². The molecule has 2 aliphatic carbocycles. The van der Waals surface area contributed by atoms with E-state index in [0.717, 1.165) is 28.9 Å². The molecule has 8 rings (SSSR count). The van der Waals surface area contributed by atoms with Crippen LogP contribution in [0.1, 0.15) is 64.5 Å². The van der Waals surface area contributed by atoms with Crippen LogP contribution in [0.4, 0.5) is 8.78 Å². The number of aromatic nitrogens is 1. The number of nitrogens with zero attached hydrogens (tertiary/aromatic N) is 3. The van der Waals surface area contributed by atoms with Crippen molar-refractivity contribution in [2.24, 2.45) is 5.41 Å². The fraction of sp³-hybridized carbons (Fsp3) is 0.294. The first-order valence-corrected chi connectivity index (χ1v) is 15.6. The summed E-state index contributed by atoms with van der Waals surface area (Å²) in [5.74, 6) is -1.72. The minimum atomic E-state index is -0.885. The SMILES string of the molecule is O=C1c2c(OCc3ccccc3)c(=O)ccn2N([C@@H]2c3ccccc3SCc3c2ccc(F)c3F)CN1C1CC2(CC2)C1. The summed E-state index contributed by atoms with van der Waals surface area (Å²) >= 11 is 1.47. The Balaban J connectivity index is 1.30. The summed E-state index contributed by atoms with van der Waals surface area (Å²) in [6, 6.07) is 21.1. The lowest BCUT2D eigenvalue weighted by Crippen LogP contribution is -2.61. The topological polar surface area (TPSA) is 54.8 Å². The van der Waals surface area contributed by atoms with Crippen molar-refractivity contribution in [1.82, 2.24) is 9.58 Å². The van der Waals surface area contributed by atoms with E-state index in [1.165, 1.54) is 36.7 Å². The smallest absolute Gasteiger partial charge is 0.278 e. The molecular formula is C34H29F2N3O3S. The molecule has 1 aromatic heterocycles. The minimum absolute atomic E-state index is 0.00620. The number of carbonyl (C=O) groups excluding carboxylic acids is 1. The van der Waals surface area contributed by atoms with Gasteiger partial charge in [0.25, 0.3) is 5.91 Å². The number of thioether (sulfide) groups is 1. The van der Waals surface area contributed by atoms with Crippen LogP contribution in [0.15, 0.2) is 88.7 Å². The highest BCUT2D eigenvalue weighted by atomic mass is 32.2. The zero-order valence-electron chi connectivity index (χ0n) is 23.3. The summed E-state index contributed by atoms with van der Waals surface area (Å²) in [4.78, 5) is 30.4. The van der Waals surface area contributed by atoms with Crippen LogP contribution in [0.3, 0.4) is 0 Å². The summed E-state index contributed by atoms with van der Waals surface area (Å²) in [5, 5.41) is 2.00. The van der Waals surface area contributed by atoms with Crippen molar-refractivity contribution in [2.75, 3.05) is 11.7 Å². The van der Waals surface area contributed by atoms with Crippen LogP contribution in [0.5, 0.6) is 5.75 Å². The van der Waals surface area contributed by atoms with Gasteiger partial charge in [0.15, 0.2) is 23.1 Å². The van der Waals surface area contributed by atoms with E-state index in [9.17, 15) is 14.0 Å². The van der Waals surface area contributed by atoms with Gasteiger partial charge in [0, 0.05) is 34.5 Å². The number of rotatable bonds is 5. The summed E-state index contributed by atoms with van der Waals surface area (Å²) in [5.41, 5.74) is 2.86. The van der Waals surface area contributed by atoms with Crippen LogP contribution in [-0.4, -0.2) is 28.2 Å². The number of carbonyl (C=O) groups is 1. The van der Waals surface area contributed by atoms with Gasteiger partial charge in [0.1, 0.15) is 13.3 Å². The number of fused-ring (bicyclic) bond motifs is 3. The second kappa shape index (κ2) is 9.98. The number of pyridine rings is 1. The largest absolute Gasteiger partial charge is 0.482 e. The number of ether oxygens (including phenoxy) is 1. The van der Waals surface area contributed by atoms with Crippen molar-refractivity contribution >= 4 is 17.7 Å². The van der Waals surface area contributed by atoms with Gasteiger partial charge in [0.2, 0.25) is 5.43 Å². The quantitative estimate of drug-likeness (QED) is 0.267. The van der Waals surface area contributed by atoms with Crippen LogP contribution < -0.4 is 15.2 Å². The molecule has 3 aromatic carbocycles. The highest BCUT2D eigenvalue weighted by molar-refractivity contribution is 7.98. The molecule has 1 amide bonds. The lowest BCUT2D eigenvalue weighted by Gasteiger charge is -2.50. The lowest BCUT2D eigenvalue weighted by atomic mass is 9.76. The van der Waals surface area contributed by atoms with Crippen LogP contribution >= 0.6 is 11.8 Å². The van der Waals surface area contributed by atoms with E-state index in [0.29, 0.717) is 16.5 Å². The monoisotopic (exact) mass is 597 g/mol. The fourth-order valence-electron chi connectivity index (χ4n) is 6.93. The Hall–Kier alpha value is -4.11. The fourth-order valence-corrected chi connectivity index (χ4v) is 8.05. The zero-order valence-corrected chi connectivity index (χ0v) is 24.2. The van der Waals surface area contributed by atoms with Crippen LogP contribution in [0.25, 0.3) is 0 Å². The predicted molar refractivity (Wildman–Crippen MR) is 160 cm³/mol. The van der Waals surface area contributed by atoms with E-state index in [2.05, 4.69) is 0 Å². The predicted octanol–water partition coefficient (Wildman–Crippen LogP) is 6.39. The molecule has 4 aliphatic rings. The number of benzene rings is 3. The minimum Gasteiger partial charge on any atom is -0.482 e. The number of hydrogen-bond donors (Lipinski definition) is 0. The first-order chi connectivity index (χ1) is 20.9. The van der Waals surface area contributed by atoms with Crippen molar-refractivity contribution in [3.63, 3.8) is 0 Å². The Morgan fingerprint density at radius 3 is 2.47 bits per heavy atom. The first kappa shape index (κ1) is 26.5. The van der Waals surface area contributed by atoms with E-state index in [4.69, 9.17) is 4.74 Å². The maximum Gasteiger partial charge on any atom is 0.278 e. The van der Waals surface area contributed by atoms with Gasteiger partial charge in [-0.1, -0.05) is 54.6 Å². The molecule has 2 saturated carbocycles. The van der Waals surface area contributed by atoms with Gasteiger partial charge in [0.05, 0.1) is 6.04 Å². The van der Waals surface area contributed by atoms with Gasteiger partial charge in [-0.2, -0.15) is 0 Å². The number of hydrogen-bond acceptors (Lipinski definition) is 5. The van der Waals surface area contributed by atoms with E-state index >= 15 is 4.39 Å². The van der Waals surface area contributed by atoms with E-state index in [1.807, 2.05) is 64.5 Å². The van der Waals surface area contributed by atoms with Gasteiger partial charge >= 0.3 is 0 Å². The molecule has 0 saturated heterocycles. The molecule has 1 atom stereocenters. The maximum absolute atomic E-state index is 15.4. The van der Waals surface area contributed by atoms with Gasteiger partial charge in [-0.3, -0.25) is 19.3 Å². The molecule has 0 N–H and O–H groups in total. The summed E-state index contributed by atoms with van der Waals surface area (Å²) < 4.78 is 37.8. The average Bonchev–Trinajstić information content (AvgIpc) is 3.83.